The molecule has 0 aliphatic carbocycles. The van der Waals surface area contributed by atoms with E-state index >= 15 is 0 Å². The zero-order chi connectivity index (χ0) is 21.4. The number of primary amides is 1. The second-order valence-electron chi connectivity index (χ2n) is 6.77. The first-order valence-corrected chi connectivity index (χ1v) is 9.35. The van der Waals surface area contributed by atoms with Crippen LogP contribution >= 0.6 is 11.6 Å². The Bertz CT molecular complexity index is 1140. The van der Waals surface area contributed by atoms with Gasteiger partial charge in [-0.05, 0) is 41.5 Å². The first kappa shape index (κ1) is 19.5. The van der Waals surface area contributed by atoms with E-state index in [1.54, 1.807) is 41.3 Å². The molecule has 3 aromatic rings. The first-order chi connectivity index (χ1) is 14.4. The number of rotatable bonds is 5. The molecule has 2 heterocycles. The Hall–Kier alpha value is -3.78. The molecule has 9 heteroatoms. The Kier molecular flexibility index (Phi) is 4.93. The van der Waals surface area contributed by atoms with Gasteiger partial charge in [-0.2, -0.15) is 0 Å². The monoisotopic (exact) mass is 424 g/mol. The highest BCUT2D eigenvalue weighted by Crippen LogP contribution is 2.47. The van der Waals surface area contributed by atoms with Gasteiger partial charge in [-0.15, -0.1) is 0 Å². The molecule has 152 valence electrons. The molecular weight excluding hydrogens is 408 g/mol. The maximum Gasteiger partial charge on any atom is 0.338 e. The van der Waals surface area contributed by atoms with E-state index in [4.69, 9.17) is 17.3 Å². The minimum absolute atomic E-state index is 0.0321. The zero-order valence-corrected chi connectivity index (χ0v) is 16.2. The summed E-state index contributed by atoms with van der Waals surface area (Å²) in [5.41, 5.74) is 7.10. The average Bonchev–Trinajstić information content (AvgIpc) is 3.08. The smallest absolute Gasteiger partial charge is 0.338 e. The van der Waals surface area contributed by atoms with E-state index in [-0.39, 0.29) is 17.0 Å². The van der Waals surface area contributed by atoms with Crippen LogP contribution in [0.5, 0.6) is 5.75 Å². The van der Waals surface area contributed by atoms with Crippen molar-refractivity contribution in [2.75, 3.05) is 10.2 Å². The summed E-state index contributed by atoms with van der Waals surface area (Å²) >= 11 is 6.01. The van der Waals surface area contributed by atoms with Crippen LogP contribution in [0.2, 0.25) is 5.02 Å². The molecule has 5 N–H and O–H groups in total. The van der Waals surface area contributed by atoms with Gasteiger partial charge in [-0.25, -0.2) is 9.78 Å². The molecule has 2 aromatic carbocycles. The minimum Gasteiger partial charge on any atom is -0.508 e. The number of carboxylic acid groups (broad SMARTS) is 1. The lowest BCUT2D eigenvalue weighted by Crippen LogP contribution is -2.40. The van der Waals surface area contributed by atoms with Crippen molar-refractivity contribution in [3.05, 3.63) is 82.5 Å². The number of phenols is 1. The van der Waals surface area contributed by atoms with Crippen LogP contribution in [0.4, 0.5) is 11.5 Å². The van der Waals surface area contributed by atoms with Crippen molar-refractivity contribution in [2.45, 2.75) is 12.2 Å². The molecule has 0 radical (unpaired) electrons. The average molecular weight is 425 g/mol. The molecule has 2 unspecified atom stereocenters. The Balaban J connectivity index is 1.94. The molecule has 1 amide bonds. The van der Waals surface area contributed by atoms with Crippen molar-refractivity contribution in [1.82, 2.24) is 4.98 Å². The molecule has 0 spiro atoms. The van der Waals surface area contributed by atoms with Gasteiger partial charge in [0.15, 0.2) is 5.82 Å². The van der Waals surface area contributed by atoms with E-state index in [1.807, 2.05) is 0 Å². The molecule has 0 fully saturated rings. The van der Waals surface area contributed by atoms with E-state index in [0.29, 0.717) is 16.4 Å². The lowest BCUT2D eigenvalue weighted by molar-refractivity contribution is -0.119. The van der Waals surface area contributed by atoms with Crippen molar-refractivity contribution >= 4 is 35.0 Å². The van der Waals surface area contributed by atoms with Crippen LogP contribution in [0, 0.1) is 0 Å². The zero-order valence-electron chi connectivity index (χ0n) is 15.5. The van der Waals surface area contributed by atoms with E-state index in [0.717, 1.165) is 5.56 Å². The number of pyridine rings is 1. The fourth-order valence-corrected chi connectivity index (χ4v) is 3.77. The van der Waals surface area contributed by atoms with E-state index in [1.165, 1.54) is 24.4 Å². The number of phenolic OH excluding ortho intramolecular Hbond substituents is 1. The van der Waals surface area contributed by atoms with E-state index < -0.39 is 24.1 Å². The van der Waals surface area contributed by atoms with E-state index in [9.17, 15) is 19.8 Å². The van der Waals surface area contributed by atoms with Crippen molar-refractivity contribution < 1.29 is 19.8 Å². The standard InChI is InChI=1S/C21H17ClN4O4/c22-13-6-4-11(5-7-13)20-25-19-17(15(21(29)30)8-9-24-19)26(20)16(18(23)28)12-2-1-3-14(27)10-12/h1-10,16,20,27H,(H2,23,28)(H,24,25)(H,29,30). The second kappa shape index (κ2) is 7.57. The van der Waals surface area contributed by atoms with Crippen LogP contribution in [0.1, 0.15) is 33.7 Å². The summed E-state index contributed by atoms with van der Waals surface area (Å²) in [5.74, 6) is -1.62. The molecule has 1 aliphatic rings. The topological polar surface area (TPSA) is 129 Å². The number of hydrogen-bond donors (Lipinski definition) is 4. The quantitative estimate of drug-likeness (QED) is 0.494. The SMILES string of the molecule is NC(=O)C(c1cccc(O)c1)N1c2c(C(=O)O)ccnc2NC1c1ccc(Cl)cc1. The molecule has 0 bridgehead atoms. The number of amides is 1. The summed E-state index contributed by atoms with van der Waals surface area (Å²) in [6.45, 7) is 0. The first-order valence-electron chi connectivity index (χ1n) is 8.97. The number of benzene rings is 2. The summed E-state index contributed by atoms with van der Waals surface area (Å²) in [4.78, 5) is 30.4. The highest BCUT2D eigenvalue weighted by molar-refractivity contribution is 6.30. The summed E-state index contributed by atoms with van der Waals surface area (Å²) in [7, 11) is 0. The fourth-order valence-electron chi connectivity index (χ4n) is 3.65. The number of anilines is 2. The minimum atomic E-state index is -1.17. The predicted octanol–water partition coefficient (Wildman–Crippen LogP) is 3.30. The number of fused-ring (bicyclic) bond motifs is 1. The highest BCUT2D eigenvalue weighted by atomic mass is 35.5. The largest absolute Gasteiger partial charge is 0.508 e. The summed E-state index contributed by atoms with van der Waals surface area (Å²) in [6.07, 6.45) is 0.732. The molecule has 0 saturated carbocycles. The third-order valence-corrected chi connectivity index (χ3v) is 5.14. The summed E-state index contributed by atoms with van der Waals surface area (Å²) in [5, 5.41) is 23.4. The Morgan fingerprint density at radius 2 is 1.90 bits per heavy atom. The number of carbonyl (C=O) groups is 2. The molecule has 1 aromatic heterocycles. The third kappa shape index (κ3) is 3.37. The van der Waals surface area contributed by atoms with Gasteiger partial charge in [0.2, 0.25) is 5.91 Å². The van der Waals surface area contributed by atoms with Gasteiger partial charge in [0.25, 0.3) is 0 Å². The number of aromatic hydroxyl groups is 1. The van der Waals surface area contributed by atoms with Crippen LogP contribution in [-0.4, -0.2) is 27.1 Å². The van der Waals surface area contributed by atoms with Crippen molar-refractivity contribution in [2.24, 2.45) is 5.73 Å². The fraction of sp³-hybridized carbons (Fsp3) is 0.0952. The molecular formula is C21H17ClN4O4. The maximum atomic E-state index is 12.6. The number of halogens is 1. The molecule has 2 atom stereocenters. The number of aromatic nitrogens is 1. The summed E-state index contributed by atoms with van der Waals surface area (Å²) < 4.78 is 0. The highest BCUT2D eigenvalue weighted by Gasteiger charge is 2.41. The number of nitrogens with two attached hydrogens (primary N) is 1. The predicted molar refractivity (Wildman–Crippen MR) is 112 cm³/mol. The van der Waals surface area contributed by atoms with Crippen molar-refractivity contribution in [1.29, 1.82) is 0 Å². The molecule has 0 saturated heterocycles. The van der Waals surface area contributed by atoms with E-state index in [2.05, 4.69) is 10.3 Å². The van der Waals surface area contributed by atoms with Gasteiger partial charge in [0.1, 0.15) is 18.0 Å². The Labute approximate surface area is 176 Å². The lowest BCUT2D eigenvalue weighted by atomic mass is 10.0. The van der Waals surface area contributed by atoms with Crippen LogP contribution in [0.25, 0.3) is 0 Å². The van der Waals surface area contributed by atoms with Gasteiger partial charge in [-0.3, -0.25) is 4.79 Å². The van der Waals surface area contributed by atoms with Crippen LogP contribution in [0.3, 0.4) is 0 Å². The van der Waals surface area contributed by atoms with Gasteiger partial charge >= 0.3 is 5.97 Å². The number of aromatic carboxylic acids is 1. The van der Waals surface area contributed by atoms with Gasteiger partial charge in [0.05, 0.1) is 11.3 Å². The van der Waals surface area contributed by atoms with Crippen molar-refractivity contribution in [3.63, 3.8) is 0 Å². The van der Waals surface area contributed by atoms with Crippen LogP contribution in [-0.2, 0) is 4.79 Å². The normalized spacial score (nSPS) is 15.9. The summed E-state index contributed by atoms with van der Waals surface area (Å²) in [6, 6.07) is 13.3. The molecule has 1 aliphatic heterocycles. The van der Waals surface area contributed by atoms with Crippen LogP contribution in [0.15, 0.2) is 60.8 Å². The molecule has 4 rings (SSSR count). The van der Waals surface area contributed by atoms with Crippen molar-refractivity contribution in [3.8, 4) is 5.75 Å². The number of hydrogen-bond acceptors (Lipinski definition) is 6. The van der Waals surface area contributed by atoms with Crippen LogP contribution < -0.4 is 16.0 Å². The van der Waals surface area contributed by atoms with Gasteiger partial charge < -0.3 is 26.2 Å². The Morgan fingerprint density at radius 3 is 2.53 bits per heavy atom. The Morgan fingerprint density at radius 1 is 1.17 bits per heavy atom. The second-order valence-corrected chi connectivity index (χ2v) is 7.20. The van der Waals surface area contributed by atoms with Gasteiger partial charge in [-0.1, -0.05) is 35.9 Å². The number of carbonyl (C=O) groups excluding carboxylic acids is 1. The molecule has 30 heavy (non-hydrogen) atoms. The number of nitrogens with one attached hydrogen (secondary N) is 1. The lowest BCUT2D eigenvalue weighted by Gasteiger charge is -2.34. The number of carboxylic acids is 1. The third-order valence-electron chi connectivity index (χ3n) is 4.88. The number of nitrogens with zero attached hydrogens (tertiary/aromatic N) is 2. The molecule has 8 nitrogen and oxygen atoms in total. The maximum absolute atomic E-state index is 12.6. The van der Waals surface area contributed by atoms with Gasteiger partial charge in [0, 0.05) is 11.2 Å².